The molecule has 1 heterocycles. The molecule has 0 radical (unpaired) electrons. The average Bonchev–Trinajstić information content (AvgIpc) is 1.90. The second-order valence-corrected chi connectivity index (χ2v) is 1.75. The lowest BCUT2D eigenvalue weighted by molar-refractivity contribution is -0.140. The lowest BCUT2D eigenvalue weighted by atomic mass is 10.4. The predicted octanol–water partition coefficient (Wildman–Crippen LogP) is -1.72. The summed E-state index contributed by atoms with van der Waals surface area (Å²) in [5.74, 6) is -0.876. The minimum Gasteiger partial charge on any atom is -0.479 e. The third-order valence-corrected chi connectivity index (χ3v) is 1.07. The molecule has 5 N–H and O–H groups in total. The van der Waals surface area contributed by atoms with Gasteiger partial charge in [-0.25, -0.2) is 4.79 Å². The maximum atomic E-state index is 10.2. The van der Waals surface area contributed by atoms with Crippen molar-refractivity contribution in [3.05, 3.63) is 12.3 Å². The summed E-state index contributed by atoms with van der Waals surface area (Å²) in [7, 11) is 0. The normalized spacial score (nSPS) is 22.6. The number of rotatable bonds is 1. The molecule has 0 saturated carbocycles. The zero-order valence-corrected chi connectivity index (χ0v) is 5.29. The fourth-order valence-electron chi connectivity index (χ4n) is 0.627. The Bertz CT molecular complexity index is 146. The van der Waals surface area contributed by atoms with E-state index in [1.165, 1.54) is 0 Å². The summed E-state index contributed by atoms with van der Waals surface area (Å²) < 4.78 is 0. The van der Waals surface area contributed by atoms with E-state index in [-0.39, 0.29) is 5.48 Å². The highest BCUT2D eigenvalue weighted by molar-refractivity contribution is 5.73. The first-order valence-electron chi connectivity index (χ1n) is 2.68. The van der Waals surface area contributed by atoms with Crippen LogP contribution >= 0.6 is 0 Å². The quantitative estimate of drug-likeness (QED) is 0.410. The third-order valence-electron chi connectivity index (χ3n) is 1.07. The monoisotopic (exact) mass is 146 g/mol. The maximum Gasteiger partial charge on any atom is 0.341 e. The molecule has 0 aromatic carbocycles. The number of nitrogens with one attached hydrogen (secondary N) is 2. The van der Waals surface area contributed by atoms with Crippen LogP contribution in [-0.2, 0) is 4.79 Å². The van der Waals surface area contributed by atoms with Crippen LogP contribution in [0, 0.1) is 0 Å². The predicted molar refractivity (Wildman–Crippen MR) is 35.3 cm³/mol. The van der Waals surface area contributed by atoms with Crippen LogP contribution in [0.5, 0.6) is 0 Å². The molecule has 0 aromatic rings. The number of aliphatic carboxylic acids is 1. The number of carbonyl (C=O) groups is 1. The molecule has 1 aliphatic heterocycles. The highest BCUT2D eigenvalue weighted by atomic mass is 16.4. The molecule has 5 heteroatoms. The molecule has 0 aliphatic carbocycles. The van der Waals surface area contributed by atoms with Gasteiger partial charge in [0.25, 0.3) is 0 Å². The maximum absolute atomic E-state index is 10.2. The summed E-state index contributed by atoms with van der Waals surface area (Å²) in [5, 5.41) is 13.7. The molecule has 0 fully saturated rings. The number of carboxylic acid groups (broad SMARTS) is 1. The highest BCUT2D eigenvalue weighted by Gasteiger charge is 2.14. The SMILES string of the molecule is O.O=C(O)C1NC=CCN1. The first-order chi connectivity index (χ1) is 4.30. The second kappa shape index (κ2) is 3.86. The Morgan fingerprint density at radius 2 is 2.40 bits per heavy atom. The topological polar surface area (TPSA) is 92.9 Å². The average molecular weight is 146 g/mol. The second-order valence-electron chi connectivity index (χ2n) is 1.75. The molecule has 58 valence electrons. The largest absolute Gasteiger partial charge is 0.479 e. The summed E-state index contributed by atoms with van der Waals surface area (Å²) in [6.07, 6.45) is 2.84. The van der Waals surface area contributed by atoms with Gasteiger partial charge in [-0.15, -0.1) is 0 Å². The standard InChI is InChI=1S/C5H8N2O2.H2O/c8-5(9)4-6-2-1-3-7-4;/h1-2,4,6-7H,3H2,(H,8,9);1H2. The lowest BCUT2D eigenvalue weighted by Gasteiger charge is -2.16. The molecule has 0 saturated heterocycles. The van der Waals surface area contributed by atoms with Crippen molar-refractivity contribution in [2.24, 2.45) is 0 Å². The summed E-state index contributed by atoms with van der Waals surface area (Å²) in [4.78, 5) is 10.2. The summed E-state index contributed by atoms with van der Waals surface area (Å²) in [6, 6.07) is 0. The zero-order chi connectivity index (χ0) is 6.69. The molecule has 0 amide bonds. The molecule has 0 spiro atoms. The van der Waals surface area contributed by atoms with Crippen molar-refractivity contribution in [3.8, 4) is 0 Å². The third kappa shape index (κ3) is 2.04. The molecule has 1 rings (SSSR count). The van der Waals surface area contributed by atoms with Gasteiger partial charge in [0.2, 0.25) is 0 Å². The van der Waals surface area contributed by atoms with Gasteiger partial charge < -0.3 is 15.9 Å². The molecule has 0 aromatic heterocycles. The number of hydrogen-bond donors (Lipinski definition) is 3. The van der Waals surface area contributed by atoms with E-state index >= 15 is 0 Å². The van der Waals surface area contributed by atoms with Crippen LogP contribution in [0.1, 0.15) is 0 Å². The van der Waals surface area contributed by atoms with E-state index < -0.39 is 12.1 Å². The zero-order valence-electron chi connectivity index (χ0n) is 5.29. The molecule has 1 aliphatic rings. The summed E-state index contributed by atoms with van der Waals surface area (Å²) in [5.41, 5.74) is 0. The Hall–Kier alpha value is -1.07. The van der Waals surface area contributed by atoms with Crippen molar-refractivity contribution >= 4 is 5.97 Å². The van der Waals surface area contributed by atoms with E-state index in [1.807, 2.05) is 6.08 Å². The van der Waals surface area contributed by atoms with Crippen molar-refractivity contribution in [2.45, 2.75) is 6.17 Å². The smallest absolute Gasteiger partial charge is 0.341 e. The van der Waals surface area contributed by atoms with Crippen molar-refractivity contribution in [3.63, 3.8) is 0 Å². The Morgan fingerprint density at radius 3 is 2.70 bits per heavy atom. The Kier molecular flexibility index (Phi) is 3.45. The first-order valence-corrected chi connectivity index (χ1v) is 2.68. The molecule has 10 heavy (non-hydrogen) atoms. The highest BCUT2D eigenvalue weighted by Crippen LogP contribution is 1.84. The number of hydrogen-bond acceptors (Lipinski definition) is 3. The van der Waals surface area contributed by atoms with E-state index in [9.17, 15) is 4.79 Å². The van der Waals surface area contributed by atoms with Gasteiger partial charge in [0, 0.05) is 6.54 Å². The van der Waals surface area contributed by atoms with Crippen molar-refractivity contribution in [2.75, 3.05) is 6.54 Å². The Balaban J connectivity index is 0.000000810. The van der Waals surface area contributed by atoms with E-state index in [0.29, 0.717) is 6.54 Å². The van der Waals surface area contributed by atoms with Gasteiger partial charge >= 0.3 is 5.97 Å². The van der Waals surface area contributed by atoms with Gasteiger partial charge in [-0.2, -0.15) is 0 Å². The molecular weight excluding hydrogens is 136 g/mol. The molecular formula is C5H10N2O3. The number of carboxylic acids is 1. The fourth-order valence-corrected chi connectivity index (χ4v) is 0.627. The molecule has 5 nitrogen and oxygen atoms in total. The van der Waals surface area contributed by atoms with Gasteiger partial charge in [-0.05, 0) is 6.20 Å². The van der Waals surface area contributed by atoms with Crippen LogP contribution in [0.25, 0.3) is 0 Å². The van der Waals surface area contributed by atoms with E-state index in [4.69, 9.17) is 5.11 Å². The van der Waals surface area contributed by atoms with Crippen molar-refractivity contribution < 1.29 is 15.4 Å². The summed E-state index contributed by atoms with van der Waals surface area (Å²) >= 11 is 0. The Labute approximate surface area is 58.0 Å². The van der Waals surface area contributed by atoms with Crippen LogP contribution < -0.4 is 10.6 Å². The van der Waals surface area contributed by atoms with Gasteiger partial charge in [-0.1, -0.05) is 6.08 Å². The van der Waals surface area contributed by atoms with E-state index in [1.54, 1.807) is 6.20 Å². The van der Waals surface area contributed by atoms with Crippen LogP contribution in [0.3, 0.4) is 0 Å². The molecule has 1 atom stereocenters. The lowest BCUT2D eigenvalue weighted by Crippen LogP contribution is -2.48. The van der Waals surface area contributed by atoms with Crippen LogP contribution in [0.4, 0.5) is 0 Å². The molecule has 0 bridgehead atoms. The fraction of sp³-hybridized carbons (Fsp3) is 0.400. The van der Waals surface area contributed by atoms with Crippen LogP contribution in [-0.4, -0.2) is 29.3 Å². The van der Waals surface area contributed by atoms with Gasteiger partial charge in [-0.3, -0.25) is 5.32 Å². The van der Waals surface area contributed by atoms with Crippen LogP contribution in [0.15, 0.2) is 12.3 Å². The van der Waals surface area contributed by atoms with E-state index in [0.717, 1.165) is 0 Å². The summed E-state index contributed by atoms with van der Waals surface area (Å²) in [6.45, 7) is 0.615. The first kappa shape index (κ1) is 8.93. The minimum absolute atomic E-state index is 0. The van der Waals surface area contributed by atoms with Gasteiger partial charge in [0.1, 0.15) is 0 Å². The van der Waals surface area contributed by atoms with Crippen LogP contribution in [0.2, 0.25) is 0 Å². The molecule has 1 unspecified atom stereocenters. The minimum atomic E-state index is -0.876. The van der Waals surface area contributed by atoms with Crippen molar-refractivity contribution in [1.29, 1.82) is 0 Å². The van der Waals surface area contributed by atoms with Crippen molar-refractivity contribution in [1.82, 2.24) is 10.6 Å². The van der Waals surface area contributed by atoms with Gasteiger partial charge in [0.15, 0.2) is 6.17 Å². The Morgan fingerprint density at radius 1 is 1.70 bits per heavy atom. The van der Waals surface area contributed by atoms with Gasteiger partial charge in [0.05, 0.1) is 0 Å². The van der Waals surface area contributed by atoms with E-state index in [2.05, 4.69) is 10.6 Å².